The highest BCUT2D eigenvalue weighted by Crippen LogP contribution is 2.38. The molecule has 0 bridgehead atoms. The van der Waals surface area contributed by atoms with Crippen LogP contribution in [0, 0.1) is 11.8 Å². The van der Waals surface area contributed by atoms with Gasteiger partial charge in [-0.1, -0.05) is 0 Å². The molecule has 0 fully saturated rings. The number of hydrogen-bond donors (Lipinski definition) is 4. The average Bonchev–Trinajstić information content (AvgIpc) is 2.02. The van der Waals surface area contributed by atoms with Crippen LogP contribution in [0.1, 0.15) is 68.2 Å². The van der Waals surface area contributed by atoms with E-state index in [1.165, 1.54) is 0 Å². The third-order valence-electron chi connectivity index (χ3n) is 4.16. The largest absolute Gasteiger partial charge is 0.390 e. The van der Waals surface area contributed by atoms with Crippen LogP contribution in [0.15, 0.2) is 0 Å². The first-order valence-electron chi connectivity index (χ1n) is 7.37. The molecule has 0 saturated heterocycles. The molecule has 0 amide bonds. The van der Waals surface area contributed by atoms with Gasteiger partial charge in [0.1, 0.15) is 0 Å². The van der Waals surface area contributed by atoms with Gasteiger partial charge in [0.05, 0.1) is 22.4 Å². The Morgan fingerprint density at radius 2 is 0.650 bits per heavy atom. The molecule has 4 N–H and O–H groups in total. The van der Waals surface area contributed by atoms with E-state index in [0.29, 0.717) is 12.8 Å². The number of hydrogen-bond acceptors (Lipinski definition) is 4. The lowest BCUT2D eigenvalue weighted by Gasteiger charge is -2.43. The minimum Gasteiger partial charge on any atom is -0.390 e. The van der Waals surface area contributed by atoms with Crippen molar-refractivity contribution >= 4 is 0 Å². The second kappa shape index (κ2) is 5.91. The van der Waals surface area contributed by atoms with E-state index in [9.17, 15) is 20.4 Å². The smallest absolute Gasteiger partial charge is 0.0646 e. The molecule has 0 aromatic carbocycles. The van der Waals surface area contributed by atoms with E-state index >= 15 is 0 Å². The maximum atomic E-state index is 10.2. The summed E-state index contributed by atoms with van der Waals surface area (Å²) in [5.74, 6) is -0.690. The number of aliphatic hydroxyl groups is 4. The van der Waals surface area contributed by atoms with Gasteiger partial charge in [0.2, 0.25) is 0 Å². The highest BCUT2D eigenvalue weighted by molar-refractivity contribution is 4.93. The first kappa shape index (κ1) is 19.8. The zero-order valence-electron chi connectivity index (χ0n) is 14.4. The molecule has 0 unspecified atom stereocenters. The summed E-state index contributed by atoms with van der Waals surface area (Å²) in [6.45, 7) is 13.4. The fourth-order valence-electron chi connectivity index (χ4n) is 3.48. The summed E-state index contributed by atoms with van der Waals surface area (Å²) in [6.07, 6.45) is 1.04. The van der Waals surface area contributed by atoms with Gasteiger partial charge >= 0.3 is 0 Å². The SMILES string of the molecule is CC(C)(O)C(CCC(C(C)(C)O)C(C)(C)O)C(C)(C)O. The Labute approximate surface area is 123 Å². The first-order valence-corrected chi connectivity index (χ1v) is 7.37. The highest BCUT2D eigenvalue weighted by Gasteiger charge is 2.42. The normalized spacial score (nSPS) is 15.3. The van der Waals surface area contributed by atoms with E-state index in [1.54, 1.807) is 55.4 Å². The Morgan fingerprint density at radius 1 is 0.500 bits per heavy atom. The van der Waals surface area contributed by atoms with Crippen LogP contribution < -0.4 is 0 Å². The Morgan fingerprint density at radius 3 is 0.750 bits per heavy atom. The van der Waals surface area contributed by atoms with Gasteiger partial charge in [0, 0.05) is 11.8 Å². The van der Waals surface area contributed by atoms with Crippen LogP contribution in [-0.4, -0.2) is 42.8 Å². The fraction of sp³-hybridized carbons (Fsp3) is 1.00. The predicted octanol–water partition coefficient (Wildman–Crippen LogP) is 2.08. The molecule has 0 radical (unpaired) electrons. The first-order chi connectivity index (χ1) is 8.47. The molecular formula is C16H34O4. The van der Waals surface area contributed by atoms with Gasteiger partial charge in [0.15, 0.2) is 0 Å². The zero-order chi connectivity index (χ0) is 16.6. The van der Waals surface area contributed by atoms with Gasteiger partial charge in [-0.05, 0) is 68.2 Å². The van der Waals surface area contributed by atoms with E-state index in [2.05, 4.69) is 0 Å². The summed E-state index contributed by atoms with van der Waals surface area (Å²) >= 11 is 0. The molecule has 0 saturated carbocycles. The summed E-state index contributed by atoms with van der Waals surface area (Å²) in [6, 6.07) is 0. The van der Waals surface area contributed by atoms with E-state index in [4.69, 9.17) is 0 Å². The molecule has 0 aromatic rings. The summed E-state index contributed by atoms with van der Waals surface area (Å²) in [7, 11) is 0. The third-order valence-corrected chi connectivity index (χ3v) is 4.16. The molecule has 0 rings (SSSR count). The molecule has 0 aliphatic rings. The summed E-state index contributed by atoms with van der Waals surface area (Å²) < 4.78 is 0. The van der Waals surface area contributed by atoms with E-state index in [-0.39, 0.29) is 11.8 Å². The van der Waals surface area contributed by atoms with Crippen molar-refractivity contribution in [1.82, 2.24) is 0 Å². The maximum Gasteiger partial charge on any atom is 0.0646 e. The van der Waals surface area contributed by atoms with Crippen LogP contribution in [0.2, 0.25) is 0 Å². The van der Waals surface area contributed by atoms with Gasteiger partial charge in [-0.25, -0.2) is 0 Å². The molecule has 0 aliphatic carbocycles. The van der Waals surface area contributed by atoms with Crippen LogP contribution in [0.5, 0.6) is 0 Å². The summed E-state index contributed by atoms with van der Waals surface area (Å²) in [4.78, 5) is 0. The molecule has 0 aromatic heterocycles. The van der Waals surface area contributed by atoms with Crippen LogP contribution in [0.3, 0.4) is 0 Å². The van der Waals surface area contributed by atoms with Crippen LogP contribution in [0.25, 0.3) is 0 Å². The summed E-state index contributed by atoms with van der Waals surface area (Å²) in [5.41, 5.74) is -4.10. The topological polar surface area (TPSA) is 80.9 Å². The van der Waals surface area contributed by atoms with E-state index < -0.39 is 22.4 Å². The van der Waals surface area contributed by atoms with Crippen molar-refractivity contribution in [1.29, 1.82) is 0 Å². The number of rotatable bonds is 7. The van der Waals surface area contributed by atoms with Crippen LogP contribution >= 0.6 is 0 Å². The van der Waals surface area contributed by atoms with Crippen LogP contribution in [-0.2, 0) is 0 Å². The average molecular weight is 290 g/mol. The molecule has 0 aliphatic heterocycles. The van der Waals surface area contributed by atoms with Gasteiger partial charge in [0.25, 0.3) is 0 Å². The fourth-order valence-corrected chi connectivity index (χ4v) is 3.48. The third kappa shape index (κ3) is 6.08. The second-order valence-electron chi connectivity index (χ2n) is 8.30. The minimum atomic E-state index is -1.03. The van der Waals surface area contributed by atoms with E-state index in [1.807, 2.05) is 0 Å². The minimum absolute atomic E-state index is 0.345. The Balaban J connectivity index is 5.10. The lowest BCUT2D eigenvalue weighted by atomic mass is 9.70. The molecule has 4 heteroatoms. The monoisotopic (exact) mass is 290 g/mol. The molecule has 4 nitrogen and oxygen atoms in total. The molecule has 0 heterocycles. The van der Waals surface area contributed by atoms with Crippen molar-refractivity contribution in [3.63, 3.8) is 0 Å². The Hall–Kier alpha value is -0.160. The van der Waals surface area contributed by atoms with E-state index in [0.717, 1.165) is 0 Å². The molecule has 122 valence electrons. The van der Waals surface area contributed by atoms with Gasteiger partial charge in [-0.3, -0.25) is 0 Å². The molecule has 0 atom stereocenters. The van der Waals surface area contributed by atoms with Gasteiger partial charge in [-0.15, -0.1) is 0 Å². The standard InChI is InChI=1S/C16H34O4/c1-13(2,17)11(14(3,4)18)9-10-12(15(5,6)19)16(7,8)20/h11-12,17-20H,9-10H2,1-8H3. The van der Waals surface area contributed by atoms with Crippen molar-refractivity contribution < 1.29 is 20.4 Å². The van der Waals surface area contributed by atoms with Crippen molar-refractivity contribution in [3.8, 4) is 0 Å². The molecular weight excluding hydrogens is 256 g/mol. The summed E-state index contributed by atoms with van der Waals surface area (Å²) in [5, 5.41) is 41.0. The quantitative estimate of drug-likeness (QED) is 0.579. The van der Waals surface area contributed by atoms with Crippen molar-refractivity contribution in [2.24, 2.45) is 11.8 Å². The predicted molar refractivity (Wildman–Crippen MR) is 81.4 cm³/mol. The van der Waals surface area contributed by atoms with Crippen LogP contribution in [0.4, 0.5) is 0 Å². The van der Waals surface area contributed by atoms with Gasteiger partial charge in [-0.2, -0.15) is 0 Å². The Kier molecular flexibility index (Phi) is 5.87. The zero-order valence-corrected chi connectivity index (χ0v) is 14.4. The maximum absolute atomic E-state index is 10.2. The van der Waals surface area contributed by atoms with Crippen molar-refractivity contribution in [2.45, 2.75) is 90.6 Å². The van der Waals surface area contributed by atoms with Crippen molar-refractivity contribution in [3.05, 3.63) is 0 Å². The molecule has 20 heavy (non-hydrogen) atoms. The Bertz CT molecular complexity index is 236. The van der Waals surface area contributed by atoms with Crippen molar-refractivity contribution in [2.75, 3.05) is 0 Å². The molecule has 0 spiro atoms. The second-order valence-corrected chi connectivity index (χ2v) is 8.30. The van der Waals surface area contributed by atoms with Gasteiger partial charge < -0.3 is 20.4 Å². The lowest BCUT2D eigenvalue weighted by molar-refractivity contribution is -0.120. The lowest BCUT2D eigenvalue weighted by Crippen LogP contribution is -2.49. The highest BCUT2D eigenvalue weighted by atomic mass is 16.3.